The molecule has 0 bridgehead atoms. The van der Waals surface area contributed by atoms with E-state index < -0.39 is 0 Å². The zero-order chi connectivity index (χ0) is 15.2. The van der Waals surface area contributed by atoms with Crippen LogP contribution in [-0.4, -0.2) is 30.5 Å². The molecule has 0 radical (unpaired) electrons. The average Bonchev–Trinajstić information content (AvgIpc) is 3.10. The average molecular weight is 315 g/mol. The highest BCUT2D eigenvalue weighted by Crippen LogP contribution is 2.21. The van der Waals surface area contributed by atoms with Crippen molar-refractivity contribution in [3.63, 3.8) is 0 Å². The second-order valence-electron chi connectivity index (χ2n) is 5.74. The third kappa shape index (κ3) is 3.96. The number of rotatable bonds is 5. The maximum atomic E-state index is 12.4. The van der Waals surface area contributed by atoms with E-state index >= 15 is 0 Å². The van der Waals surface area contributed by atoms with Crippen molar-refractivity contribution in [1.29, 1.82) is 0 Å². The number of hydrogen-bond acceptors (Lipinski definition) is 3. The van der Waals surface area contributed by atoms with Crippen molar-refractivity contribution < 1.29 is 9.53 Å². The second kappa shape index (κ2) is 7.56. The van der Waals surface area contributed by atoms with Crippen LogP contribution in [0.1, 0.15) is 28.1 Å². The van der Waals surface area contributed by atoms with Gasteiger partial charge in [0.1, 0.15) is 0 Å². The van der Waals surface area contributed by atoms with Gasteiger partial charge in [-0.1, -0.05) is 36.4 Å². The van der Waals surface area contributed by atoms with Crippen LogP contribution in [0.4, 0.5) is 0 Å². The summed E-state index contributed by atoms with van der Waals surface area (Å²) < 4.78 is 5.84. The van der Waals surface area contributed by atoms with Crippen molar-refractivity contribution in [2.45, 2.75) is 19.4 Å². The van der Waals surface area contributed by atoms with Crippen molar-refractivity contribution in [2.24, 2.45) is 5.92 Å². The number of carbonyl (C=O) groups excluding carboxylic acids is 1. The Labute approximate surface area is 135 Å². The number of nitrogens with zero attached hydrogens (tertiary/aromatic N) is 1. The highest BCUT2D eigenvalue weighted by Gasteiger charge is 2.25. The molecule has 2 heterocycles. The van der Waals surface area contributed by atoms with Gasteiger partial charge in [0.2, 0.25) is 0 Å². The Morgan fingerprint density at radius 2 is 2.09 bits per heavy atom. The Morgan fingerprint density at radius 3 is 2.86 bits per heavy atom. The van der Waals surface area contributed by atoms with E-state index in [1.807, 2.05) is 40.6 Å². The van der Waals surface area contributed by atoms with Crippen molar-refractivity contribution in [2.75, 3.05) is 19.7 Å². The van der Waals surface area contributed by atoms with Crippen LogP contribution in [-0.2, 0) is 11.3 Å². The third-order valence-electron chi connectivity index (χ3n) is 4.00. The zero-order valence-electron chi connectivity index (χ0n) is 12.6. The summed E-state index contributed by atoms with van der Waals surface area (Å²) >= 11 is 1.52. The minimum absolute atomic E-state index is 0.169. The Hall–Kier alpha value is -1.65. The lowest BCUT2D eigenvalue weighted by molar-refractivity contribution is 0.0428. The number of amides is 1. The van der Waals surface area contributed by atoms with Gasteiger partial charge in [0.15, 0.2) is 0 Å². The van der Waals surface area contributed by atoms with Gasteiger partial charge in [0, 0.05) is 13.1 Å². The SMILES string of the molecule is O=C(c1cccs1)N1CCCC(COCc2ccccc2)C1. The van der Waals surface area contributed by atoms with E-state index in [9.17, 15) is 4.79 Å². The highest BCUT2D eigenvalue weighted by molar-refractivity contribution is 7.12. The largest absolute Gasteiger partial charge is 0.376 e. The lowest BCUT2D eigenvalue weighted by Gasteiger charge is -2.32. The monoisotopic (exact) mass is 315 g/mol. The molecule has 0 saturated carbocycles. The van der Waals surface area contributed by atoms with E-state index in [0.29, 0.717) is 12.5 Å². The summed E-state index contributed by atoms with van der Waals surface area (Å²) in [6.07, 6.45) is 2.21. The van der Waals surface area contributed by atoms with Crippen molar-refractivity contribution in [1.82, 2.24) is 4.90 Å². The van der Waals surface area contributed by atoms with Crippen LogP contribution in [0.25, 0.3) is 0 Å². The van der Waals surface area contributed by atoms with Crippen LogP contribution >= 0.6 is 11.3 Å². The van der Waals surface area contributed by atoms with E-state index in [1.165, 1.54) is 16.9 Å². The number of benzene rings is 1. The van der Waals surface area contributed by atoms with Crippen LogP contribution in [0, 0.1) is 5.92 Å². The summed E-state index contributed by atoms with van der Waals surface area (Å²) in [7, 11) is 0. The van der Waals surface area contributed by atoms with Crippen LogP contribution in [0.3, 0.4) is 0 Å². The van der Waals surface area contributed by atoms with Crippen LogP contribution in [0.2, 0.25) is 0 Å². The van der Waals surface area contributed by atoms with E-state index in [1.54, 1.807) is 0 Å². The minimum atomic E-state index is 0.169. The minimum Gasteiger partial charge on any atom is -0.376 e. The van der Waals surface area contributed by atoms with Gasteiger partial charge in [-0.3, -0.25) is 4.79 Å². The molecule has 3 rings (SSSR count). The summed E-state index contributed by atoms with van der Waals surface area (Å²) in [4.78, 5) is 15.2. The fourth-order valence-electron chi connectivity index (χ4n) is 2.86. The van der Waals surface area contributed by atoms with E-state index in [2.05, 4.69) is 12.1 Å². The van der Waals surface area contributed by atoms with Crippen molar-refractivity contribution in [3.05, 3.63) is 58.3 Å². The molecule has 1 aromatic heterocycles. The maximum Gasteiger partial charge on any atom is 0.263 e. The molecule has 1 fully saturated rings. The van der Waals surface area contributed by atoms with Crippen molar-refractivity contribution >= 4 is 17.2 Å². The molecule has 0 spiro atoms. The summed E-state index contributed by atoms with van der Waals surface area (Å²) in [5.74, 6) is 0.615. The van der Waals surface area contributed by atoms with Gasteiger partial charge in [0.25, 0.3) is 5.91 Å². The molecule has 22 heavy (non-hydrogen) atoms. The van der Waals surface area contributed by atoms with E-state index in [4.69, 9.17) is 4.74 Å². The normalized spacial score (nSPS) is 18.4. The zero-order valence-corrected chi connectivity index (χ0v) is 13.4. The Balaban J connectivity index is 1.47. The predicted octanol–water partition coefficient (Wildman–Crippen LogP) is 3.82. The molecule has 3 nitrogen and oxygen atoms in total. The first-order chi connectivity index (χ1) is 10.8. The Kier molecular flexibility index (Phi) is 5.24. The highest BCUT2D eigenvalue weighted by atomic mass is 32.1. The molecular formula is C18H21NO2S. The quantitative estimate of drug-likeness (QED) is 0.839. The number of likely N-dealkylation sites (tertiary alicyclic amines) is 1. The fourth-order valence-corrected chi connectivity index (χ4v) is 3.55. The first-order valence-electron chi connectivity index (χ1n) is 7.77. The fraction of sp³-hybridized carbons (Fsp3) is 0.389. The summed E-state index contributed by atoms with van der Waals surface area (Å²) in [5, 5.41) is 1.96. The van der Waals surface area contributed by atoms with Crippen LogP contribution in [0.5, 0.6) is 0 Å². The molecule has 1 aromatic carbocycles. The first-order valence-corrected chi connectivity index (χ1v) is 8.65. The molecule has 1 saturated heterocycles. The molecule has 0 N–H and O–H groups in total. The summed E-state index contributed by atoms with van der Waals surface area (Å²) in [6.45, 7) is 3.05. The summed E-state index contributed by atoms with van der Waals surface area (Å²) in [6, 6.07) is 14.1. The van der Waals surface area contributed by atoms with Gasteiger partial charge >= 0.3 is 0 Å². The molecule has 116 valence electrons. The number of piperidine rings is 1. The Morgan fingerprint density at radius 1 is 1.23 bits per heavy atom. The van der Waals surface area contributed by atoms with Gasteiger partial charge < -0.3 is 9.64 Å². The van der Waals surface area contributed by atoms with Gasteiger partial charge in [-0.15, -0.1) is 11.3 Å². The van der Waals surface area contributed by atoms with Gasteiger partial charge in [-0.2, -0.15) is 0 Å². The van der Waals surface area contributed by atoms with Gasteiger partial charge in [0.05, 0.1) is 18.1 Å². The van der Waals surface area contributed by atoms with Gasteiger partial charge in [-0.25, -0.2) is 0 Å². The molecular weight excluding hydrogens is 294 g/mol. The third-order valence-corrected chi connectivity index (χ3v) is 4.86. The number of hydrogen-bond donors (Lipinski definition) is 0. The molecule has 0 aliphatic carbocycles. The summed E-state index contributed by atoms with van der Waals surface area (Å²) in [5.41, 5.74) is 1.20. The molecule has 2 aromatic rings. The smallest absolute Gasteiger partial charge is 0.263 e. The number of thiophene rings is 1. The predicted molar refractivity (Wildman–Crippen MR) is 89.0 cm³/mol. The van der Waals surface area contributed by atoms with Crippen molar-refractivity contribution in [3.8, 4) is 0 Å². The van der Waals surface area contributed by atoms with Gasteiger partial charge in [-0.05, 0) is 35.8 Å². The first kappa shape index (κ1) is 15.3. The second-order valence-corrected chi connectivity index (χ2v) is 6.69. The molecule has 1 aliphatic rings. The standard InChI is InChI=1S/C18H21NO2S/c20-18(17-9-5-11-22-17)19-10-4-8-16(12-19)14-21-13-15-6-2-1-3-7-15/h1-3,5-7,9,11,16H,4,8,10,12-14H2. The number of ether oxygens (including phenoxy) is 1. The lowest BCUT2D eigenvalue weighted by Crippen LogP contribution is -2.40. The molecule has 1 aliphatic heterocycles. The Bertz CT molecular complexity index is 582. The molecule has 4 heteroatoms. The lowest BCUT2D eigenvalue weighted by atomic mass is 9.99. The maximum absolute atomic E-state index is 12.4. The molecule has 1 atom stereocenters. The van der Waals surface area contributed by atoms with E-state index in [-0.39, 0.29) is 5.91 Å². The van der Waals surface area contributed by atoms with Crippen LogP contribution < -0.4 is 0 Å². The number of carbonyl (C=O) groups is 1. The molecule has 1 amide bonds. The van der Waals surface area contributed by atoms with E-state index in [0.717, 1.165) is 37.4 Å². The van der Waals surface area contributed by atoms with Crippen LogP contribution in [0.15, 0.2) is 47.8 Å². The topological polar surface area (TPSA) is 29.5 Å². The molecule has 1 unspecified atom stereocenters.